The van der Waals surface area contributed by atoms with Crippen molar-refractivity contribution in [3.63, 3.8) is 0 Å². The fourth-order valence-electron chi connectivity index (χ4n) is 3.58. The van der Waals surface area contributed by atoms with E-state index in [4.69, 9.17) is 11.6 Å². The number of rotatable bonds is 9. The second kappa shape index (κ2) is 10.8. The number of aromatic nitrogens is 1. The predicted octanol–water partition coefficient (Wildman–Crippen LogP) is 3.89. The van der Waals surface area contributed by atoms with E-state index < -0.39 is 36.5 Å². The van der Waals surface area contributed by atoms with E-state index in [-0.39, 0.29) is 30.4 Å². The van der Waals surface area contributed by atoms with Crippen molar-refractivity contribution in [3.8, 4) is 0 Å². The topological polar surface area (TPSA) is 97.1 Å². The van der Waals surface area contributed by atoms with Gasteiger partial charge in [-0.3, -0.25) is 9.80 Å². The van der Waals surface area contributed by atoms with Crippen molar-refractivity contribution in [2.75, 3.05) is 25.1 Å². The number of fused-ring (bicyclic) bond motifs is 1. The van der Waals surface area contributed by atoms with E-state index in [1.54, 1.807) is 24.1 Å². The zero-order valence-corrected chi connectivity index (χ0v) is 18.6. The predicted molar refractivity (Wildman–Crippen MR) is 121 cm³/mol. The number of amides is 1. The van der Waals surface area contributed by atoms with E-state index in [0.717, 1.165) is 4.90 Å². The zero-order chi connectivity index (χ0) is 24.1. The Balaban J connectivity index is 1.90. The summed E-state index contributed by atoms with van der Waals surface area (Å²) in [6.07, 6.45) is -0.909. The molecule has 0 saturated heterocycles. The lowest BCUT2D eigenvalue weighted by atomic mass is 10.1. The van der Waals surface area contributed by atoms with Crippen LogP contribution in [0.1, 0.15) is 12.0 Å². The summed E-state index contributed by atoms with van der Waals surface area (Å²) in [6, 6.07) is 9.40. The van der Waals surface area contributed by atoms with Gasteiger partial charge >= 0.3 is 6.09 Å². The quantitative estimate of drug-likeness (QED) is 0.431. The maximum Gasteiger partial charge on any atom is 0.413 e. The molecular weight excluding hydrogens is 456 g/mol. The maximum absolute atomic E-state index is 13.8. The number of aliphatic hydroxyl groups excluding tert-OH is 2. The van der Waals surface area contributed by atoms with Gasteiger partial charge in [0.1, 0.15) is 17.5 Å². The molecule has 0 spiro atoms. The minimum absolute atomic E-state index is 0.0337. The summed E-state index contributed by atoms with van der Waals surface area (Å²) in [5.74, 6) is -0.951. The Morgan fingerprint density at radius 3 is 2.64 bits per heavy atom. The molecule has 0 radical (unpaired) electrons. The highest BCUT2D eigenvalue weighted by molar-refractivity contribution is 6.31. The fraction of sp³-hybridized carbons (Fsp3) is 0.304. The van der Waals surface area contributed by atoms with Gasteiger partial charge in [-0.15, -0.1) is 0 Å². The molecule has 1 amide bonds. The highest BCUT2D eigenvalue weighted by atomic mass is 35.5. The Morgan fingerprint density at radius 1 is 1.18 bits per heavy atom. The summed E-state index contributed by atoms with van der Waals surface area (Å²) in [5.41, 5.74) is 0.490. The molecule has 3 N–H and O–H groups in total. The number of benzene rings is 2. The van der Waals surface area contributed by atoms with Crippen molar-refractivity contribution in [1.29, 1.82) is 0 Å². The van der Waals surface area contributed by atoms with E-state index in [1.807, 2.05) is 0 Å². The van der Waals surface area contributed by atoms with Crippen LogP contribution in [0.4, 0.5) is 19.4 Å². The van der Waals surface area contributed by atoms with E-state index in [0.29, 0.717) is 16.3 Å². The van der Waals surface area contributed by atoms with Crippen molar-refractivity contribution >= 4 is 34.3 Å². The second-order valence-corrected chi connectivity index (χ2v) is 8.16. The summed E-state index contributed by atoms with van der Waals surface area (Å²) in [7, 11) is 1.68. The molecule has 1 unspecified atom stereocenters. The summed E-state index contributed by atoms with van der Waals surface area (Å²) in [5, 5.41) is 30.3. The first-order chi connectivity index (χ1) is 15.7. The molecule has 3 aromatic rings. The largest absolute Gasteiger partial charge is 0.465 e. The summed E-state index contributed by atoms with van der Waals surface area (Å²) >= 11 is 6.06. The van der Waals surface area contributed by atoms with Gasteiger partial charge in [0.2, 0.25) is 0 Å². The lowest BCUT2D eigenvalue weighted by Crippen LogP contribution is -2.46. The number of carboxylic acid groups (broad SMARTS) is 1. The second-order valence-electron chi connectivity index (χ2n) is 7.78. The Morgan fingerprint density at radius 2 is 1.94 bits per heavy atom. The van der Waals surface area contributed by atoms with Gasteiger partial charge in [-0.1, -0.05) is 23.7 Å². The van der Waals surface area contributed by atoms with E-state index >= 15 is 0 Å². The molecule has 3 rings (SSSR count). The number of hydrogen-bond donors (Lipinski definition) is 3. The molecule has 7 nitrogen and oxygen atoms in total. The molecule has 0 aliphatic carbocycles. The number of likely N-dealkylation sites (N-methyl/N-ethyl adjacent to an activating group) is 1. The first kappa shape index (κ1) is 24.8. The first-order valence-corrected chi connectivity index (χ1v) is 10.5. The zero-order valence-electron chi connectivity index (χ0n) is 17.8. The number of aliphatic hydroxyl groups is 2. The van der Waals surface area contributed by atoms with Crippen LogP contribution in [-0.2, 0) is 6.54 Å². The lowest BCUT2D eigenvalue weighted by molar-refractivity contribution is 0.0608. The molecule has 33 heavy (non-hydrogen) atoms. The Bertz CT molecular complexity index is 1130. The highest BCUT2D eigenvalue weighted by Crippen LogP contribution is 2.25. The van der Waals surface area contributed by atoms with Gasteiger partial charge in [0, 0.05) is 30.7 Å². The highest BCUT2D eigenvalue weighted by Gasteiger charge is 2.27. The van der Waals surface area contributed by atoms with Crippen molar-refractivity contribution < 1.29 is 28.9 Å². The van der Waals surface area contributed by atoms with Crippen LogP contribution in [0.15, 0.2) is 48.7 Å². The van der Waals surface area contributed by atoms with Crippen molar-refractivity contribution in [3.05, 3.63) is 70.9 Å². The smallest absolute Gasteiger partial charge is 0.413 e. The third kappa shape index (κ3) is 6.14. The van der Waals surface area contributed by atoms with Crippen molar-refractivity contribution in [2.45, 2.75) is 25.1 Å². The molecule has 0 saturated carbocycles. The number of anilines is 1. The Kier molecular flexibility index (Phi) is 8.15. The third-order valence-electron chi connectivity index (χ3n) is 5.40. The summed E-state index contributed by atoms with van der Waals surface area (Å²) in [6.45, 7) is -0.460. The fourth-order valence-corrected chi connectivity index (χ4v) is 3.76. The molecule has 1 aromatic heterocycles. The molecule has 176 valence electrons. The van der Waals surface area contributed by atoms with Gasteiger partial charge in [0.15, 0.2) is 0 Å². The standard InChI is InChI=1S/C23H24ClF2N3O4/c1-28(11-15-3-2-4-20(26)22(15)24)18(9-19(31)13-30)12-29(23(32)33)21-8-16-7-17(25)6-5-14(16)10-27-21/h2-8,10,18-19,30-31H,9,11-13H2,1H3,(H,32,33)/t18-,19?/m0/s1. The minimum Gasteiger partial charge on any atom is -0.465 e. The Labute approximate surface area is 194 Å². The van der Waals surface area contributed by atoms with E-state index in [2.05, 4.69) is 4.98 Å². The number of nitrogens with zero attached hydrogens (tertiary/aromatic N) is 3. The molecule has 10 heteroatoms. The maximum atomic E-state index is 13.8. The monoisotopic (exact) mass is 479 g/mol. The van der Waals surface area contributed by atoms with Gasteiger partial charge in [0.05, 0.1) is 17.7 Å². The normalized spacial score (nSPS) is 13.3. The van der Waals surface area contributed by atoms with Crippen LogP contribution in [0.3, 0.4) is 0 Å². The van der Waals surface area contributed by atoms with Gasteiger partial charge in [0.25, 0.3) is 0 Å². The molecule has 0 fully saturated rings. The molecule has 1 heterocycles. The van der Waals surface area contributed by atoms with Crippen LogP contribution in [0, 0.1) is 11.6 Å². The third-order valence-corrected chi connectivity index (χ3v) is 5.82. The van der Waals surface area contributed by atoms with E-state index in [1.165, 1.54) is 36.5 Å². The van der Waals surface area contributed by atoms with Crippen LogP contribution < -0.4 is 4.90 Å². The van der Waals surface area contributed by atoms with Crippen LogP contribution in [-0.4, -0.2) is 63.6 Å². The Hall–Kier alpha value is -2.85. The van der Waals surface area contributed by atoms with Crippen LogP contribution in [0.2, 0.25) is 5.02 Å². The number of pyridine rings is 1. The molecule has 0 aliphatic heterocycles. The average Bonchev–Trinajstić information content (AvgIpc) is 2.78. The first-order valence-electron chi connectivity index (χ1n) is 10.2. The van der Waals surface area contributed by atoms with Crippen LogP contribution >= 0.6 is 11.6 Å². The van der Waals surface area contributed by atoms with Gasteiger partial charge in [-0.05, 0) is 54.8 Å². The molecule has 0 aliphatic rings. The summed E-state index contributed by atoms with van der Waals surface area (Å²) in [4.78, 5) is 19.0. The molecule has 2 aromatic carbocycles. The van der Waals surface area contributed by atoms with Gasteiger partial charge in [-0.2, -0.15) is 0 Å². The molecule has 0 bridgehead atoms. The van der Waals surface area contributed by atoms with Crippen molar-refractivity contribution in [2.24, 2.45) is 0 Å². The lowest BCUT2D eigenvalue weighted by Gasteiger charge is -2.33. The minimum atomic E-state index is -1.29. The molecular formula is C23H24ClF2N3O4. The SMILES string of the molecule is CN(Cc1cccc(F)c1Cl)[C@@H](CC(O)CO)CN(C(=O)O)c1cc2cc(F)ccc2cn1. The number of hydrogen-bond acceptors (Lipinski definition) is 5. The van der Waals surface area contributed by atoms with Crippen molar-refractivity contribution in [1.82, 2.24) is 9.88 Å². The average molecular weight is 480 g/mol. The number of carbonyl (C=O) groups is 1. The van der Waals surface area contributed by atoms with Crippen LogP contribution in [0.25, 0.3) is 10.8 Å². The van der Waals surface area contributed by atoms with Gasteiger partial charge in [-0.25, -0.2) is 18.6 Å². The van der Waals surface area contributed by atoms with E-state index in [9.17, 15) is 28.9 Å². The number of halogens is 3. The summed E-state index contributed by atoms with van der Waals surface area (Å²) < 4.78 is 27.5. The van der Waals surface area contributed by atoms with Gasteiger partial charge < -0.3 is 15.3 Å². The molecule has 2 atom stereocenters. The van der Waals surface area contributed by atoms with Crippen LogP contribution in [0.5, 0.6) is 0 Å².